The van der Waals surface area contributed by atoms with Gasteiger partial charge in [0.1, 0.15) is 0 Å². The average Bonchev–Trinajstić information content (AvgIpc) is 2.48. The summed E-state index contributed by atoms with van der Waals surface area (Å²) < 4.78 is 0. The van der Waals surface area contributed by atoms with E-state index in [9.17, 15) is 0 Å². The highest BCUT2D eigenvalue weighted by Gasteiger charge is 2.06. The van der Waals surface area contributed by atoms with Gasteiger partial charge in [-0.1, -0.05) is 43.3 Å². The minimum Gasteiger partial charge on any atom is -0.325 e. The lowest BCUT2D eigenvalue weighted by Gasteiger charge is -2.20. The lowest BCUT2D eigenvalue weighted by atomic mass is 10.2. The molecule has 2 N–H and O–H groups in total. The first-order valence-corrected chi connectivity index (χ1v) is 6.73. The maximum Gasteiger partial charge on any atom is 0.0547 e. The molecule has 0 saturated carbocycles. The van der Waals surface area contributed by atoms with Crippen LogP contribution in [-0.2, 0) is 19.6 Å². The summed E-state index contributed by atoms with van der Waals surface area (Å²) in [6, 6.07) is 16.6. The Morgan fingerprint density at radius 1 is 0.947 bits per heavy atom. The second-order valence-corrected chi connectivity index (χ2v) is 4.61. The van der Waals surface area contributed by atoms with E-state index >= 15 is 0 Å². The number of nitrogens with zero attached hydrogens (tertiary/aromatic N) is 2. The van der Waals surface area contributed by atoms with Gasteiger partial charge in [0, 0.05) is 19.6 Å². The molecule has 0 fully saturated rings. The molecular formula is C16H21N3. The Kier molecular flexibility index (Phi) is 5.07. The third kappa shape index (κ3) is 4.16. The van der Waals surface area contributed by atoms with Gasteiger partial charge < -0.3 is 5.73 Å². The fourth-order valence-electron chi connectivity index (χ4n) is 2.08. The molecule has 100 valence electrons. The van der Waals surface area contributed by atoms with E-state index in [1.165, 1.54) is 5.56 Å². The largest absolute Gasteiger partial charge is 0.325 e. The molecule has 1 aromatic carbocycles. The van der Waals surface area contributed by atoms with Crippen molar-refractivity contribution in [1.29, 1.82) is 0 Å². The highest BCUT2D eigenvalue weighted by atomic mass is 15.1. The summed E-state index contributed by atoms with van der Waals surface area (Å²) in [5.41, 5.74) is 9.00. The maximum absolute atomic E-state index is 5.63. The molecule has 2 rings (SSSR count). The molecule has 0 aliphatic carbocycles. The van der Waals surface area contributed by atoms with Crippen molar-refractivity contribution in [2.75, 3.05) is 6.54 Å². The molecule has 2 aromatic rings. The number of benzene rings is 1. The normalized spacial score (nSPS) is 10.9. The van der Waals surface area contributed by atoms with Crippen molar-refractivity contribution in [3.8, 4) is 0 Å². The summed E-state index contributed by atoms with van der Waals surface area (Å²) in [6.07, 6.45) is 0. The predicted octanol–water partition coefficient (Wildman–Crippen LogP) is 2.56. The molecule has 0 amide bonds. The lowest BCUT2D eigenvalue weighted by molar-refractivity contribution is 0.268. The van der Waals surface area contributed by atoms with Gasteiger partial charge in [-0.15, -0.1) is 0 Å². The van der Waals surface area contributed by atoms with Crippen LogP contribution in [0.2, 0.25) is 0 Å². The smallest absolute Gasteiger partial charge is 0.0547 e. The quantitative estimate of drug-likeness (QED) is 0.862. The zero-order valence-electron chi connectivity index (χ0n) is 11.4. The number of pyridine rings is 1. The number of nitrogens with two attached hydrogens (primary N) is 1. The zero-order valence-corrected chi connectivity index (χ0v) is 11.4. The molecule has 0 spiro atoms. The molecule has 3 nitrogen and oxygen atoms in total. The van der Waals surface area contributed by atoms with Gasteiger partial charge in [0.15, 0.2) is 0 Å². The predicted molar refractivity (Wildman–Crippen MR) is 78.4 cm³/mol. The van der Waals surface area contributed by atoms with Crippen molar-refractivity contribution >= 4 is 0 Å². The Morgan fingerprint density at radius 3 is 2.37 bits per heavy atom. The first-order chi connectivity index (χ1) is 9.31. The van der Waals surface area contributed by atoms with Gasteiger partial charge in [0.25, 0.3) is 0 Å². The van der Waals surface area contributed by atoms with Crippen LogP contribution in [0.1, 0.15) is 23.9 Å². The van der Waals surface area contributed by atoms with Crippen molar-refractivity contribution in [2.45, 2.75) is 26.6 Å². The number of aromatic nitrogens is 1. The van der Waals surface area contributed by atoms with Crippen LogP contribution in [0.3, 0.4) is 0 Å². The minimum absolute atomic E-state index is 0.499. The van der Waals surface area contributed by atoms with Crippen LogP contribution in [0.25, 0.3) is 0 Å². The highest BCUT2D eigenvalue weighted by molar-refractivity contribution is 5.15. The van der Waals surface area contributed by atoms with Crippen LogP contribution in [0, 0.1) is 0 Å². The van der Waals surface area contributed by atoms with Crippen LogP contribution in [0.5, 0.6) is 0 Å². The van der Waals surface area contributed by atoms with Gasteiger partial charge in [-0.2, -0.15) is 0 Å². The molecule has 0 bridgehead atoms. The third-order valence-corrected chi connectivity index (χ3v) is 3.16. The molecule has 19 heavy (non-hydrogen) atoms. The van der Waals surface area contributed by atoms with E-state index in [2.05, 4.69) is 47.1 Å². The molecule has 0 atom stereocenters. The van der Waals surface area contributed by atoms with E-state index in [-0.39, 0.29) is 0 Å². The van der Waals surface area contributed by atoms with Crippen molar-refractivity contribution in [3.63, 3.8) is 0 Å². The second-order valence-electron chi connectivity index (χ2n) is 4.61. The monoisotopic (exact) mass is 255 g/mol. The van der Waals surface area contributed by atoms with Crippen molar-refractivity contribution in [2.24, 2.45) is 5.73 Å². The van der Waals surface area contributed by atoms with Gasteiger partial charge in [-0.3, -0.25) is 9.88 Å². The Balaban J connectivity index is 2.02. The summed E-state index contributed by atoms with van der Waals surface area (Å²) in [6.45, 7) is 5.49. The Morgan fingerprint density at radius 2 is 1.68 bits per heavy atom. The fourth-order valence-corrected chi connectivity index (χ4v) is 2.08. The second kappa shape index (κ2) is 7.02. The SMILES string of the molecule is CCN(Cc1ccccc1)Cc1cccc(CN)n1. The summed E-state index contributed by atoms with van der Waals surface area (Å²) in [7, 11) is 0. The van der Waals surface area contributed by atoms with E-state index in [1.54, 1.807) is 0 Å². The molecule has 1 aromatic heterocycles. The van der Waals surface area contributed by atoms with Crippen LogP contribution in [0.15, 0.2) is 48.5 Å². The van der Waals surface area contributed by atoms with E-state index in [0.717, 1.165) is 31.0 Å². The van der Waals surface area contributed by atoms with E-state index < -0.39 is 0 Å². The fraction of sp³-hybridized carbons (Fsp3) is 0.312. The van der Waals surface area contributed by atoms with Crippen molar-refractivity contribution in [3.05, 3.63) is 65.5 Å². The highest BCUT2D eigenvalue weighted by Crippen LogP contribution is 2.08. The van der Waals surface area contributed by atoms with Crippen LogP contribution >= 0.6 is 0 Å². The third-order valence-electron chi connectivity index (χ3n) is 3.16. The maximum atomic E-state index is 5.63. The Hall–Kier alpha value is -1.71. The topological polar surface area (TPSA) is 42.1 Å². The van der Waals surface area contributed by atoms with Crippen LogP contribution in [-0.4, -0.2) is 16.4 Å². The van der Waals surface area contributed by atoms with E-state index in [4.69, 9.17) is 5.73 Å². The Labute approximate surface area is 115 Å². The van der Waals surface area contributed by atoms with Crippen molar-refractivity contribution in [1.82, 2.24) is 9.88 Å². The molecular weight excluding hydrogens is 234 g/mol. The zero-order chi connectivity index (χ0) is 13.5. The summed E-state index contributed by atoms with van der Waals surface area (Å²) in [4.78, 5) is 6.93. The lowest BCUT2D eigenvalue weighted by Crippen LogP contribution is -2.23. The van der Waals surface area contributed by atoms with Crippen LogP contribution < -0.4 is 5.73 Å². The number of hydrogen-bond acceptors (Lipinski definition) is 3. The summed E-state index contributed by atoms with van der Waals surface area (Å²) >= 11 is 0. The van der Waals surface area contributed by atoms with E-state index in [1.807, 2.05) is 18.2 Å². The standard InChI is InChI=1S/C16H21N3/c1-2-19(12-14-7-4-3-5-8-14)13-16-10-6-9-15(11-17)18-16/h3-10H,2,11-13,17H2,1H3. The Bertz CT molecular complexity index is 496. The molecule has 1 heterocycles. The van der Waals surface area contributed by atoms with Gasteiger partial charge >= 0.3 is 0 Å². The van der Waals surface area contributed by atoms with Gasteiger partial charge in [0.05, 0.1) is 11.4 Å². The molecule has 0 aliphatic heterocycles. The molecule has 0 saturated heterocycles. The summed E-state index contributed by atoms with van der Waals surface area (Å²) in [5.74, 6) is 0. The van der Waals surface area contributed by atoms with Gasteiger partial charge in [-0.25, -0.2) is 0 Å². The number of hydrogen-bond donors (Lipinski definition) is 1. The molecule has 0 radical (unpaired) electrons. The first kappa shape index (κ1) is 13.7. The van der Waals surface area contributed by atoms with Gasteiger partial charge in [0.2, 0.25) is 0 Å². The molecule has 0 aliphatic rings. The molecule has 3 heteroatoms. The van der Waals surface area contributed by atoms with E-state index in [0.29, 0.717) is 6.54 Å². The minimum atomic E-state index is 0.499. The van der Waals surface area contributed by atoms with Crippen molar-refractivity contribution < 1.29 is 0 Å². The first-order valence-electron chi connectivity index (χ1n) is 6.73. The number of rotatable bonds is 6. The molecule has 0 unspecified atom stereocenters. The summed E-state index contributed by atoms with van der Waals surface area (Å²) in [5, 5.41) is 0. The van der Waals surface area contributed by atoms with Crippen LogP contribution in [0.4, 0.5) is 0 Å². The van der Waals surface area contributed by atoms with Gasteiger partial charge in [-0.05, 0) is 24.2 Å². The average molecular weight is 255 g/mol.